The van der Waals surface area contributed by atoms with Gasteiger partial charge in [-0.2, -0.15) is 0 Å². The molecule has 1 aliphatic heterocycles. The van der Waals surface area contributed by atoms with Crippen molar-refractivity contribution in [2.75, 3.05) is 36.0 Å². The van der Waals surface area contributed by atoms with Gasteiger partial charge in [0.05, 0.1) is 5.39 Å². The van der Waals surface area contributed by atoms with Crippen LogP contribution < -0.4 is 15.4 Å². The first-order chi connectivity index (χ1) is 14.3. The van der Waals surface area contributed by atoms with E-state index in [2.05, 4.69) is 26.3 Å². The SMILES string of the molecule is C=CCn1c(N2CCN(c3ncccn3)CC2)nc2sc3c(c2c1=O)CCCC3. The molecule has 4 heterocycles. The zero-order valence-electron chi connectivity index (χ0n) is 16.4. The van der Waals surface area contributed by atoms with Crippen LogP contribution in [0, 0.1) is 0 Å². The quantitative estimate of drug-likeness (QED) is 0.619. The molecule has 1 fully saturated rings. The van der Waals surface area contributed by atoms with Crippen molar-refractivity contribution in [3.8, 4) is 0 Å². The van der Waals surface area contributed by atoms with Crippen LogP contribution in [-0.2, 0) is 19.4 Å². The third kappa shape index (κ3) is 3.21. The minimum Gasteiger partial charge on any atom is -0.339 e. The topological polar surface area (TPSA) is 67.2 Å². The van der Waals surface area contributed by atoms with Crippen LogP contribution in [0.15, 0.2) is 35.9 Å². The van der Waals surface area contributed by atoms with Crippen LogP contribution in [0.25, 0.3) is 10.2 Å². The molecule has 0 atom stereocenters. The molecule has 0 radical (unpaired) electrons. The van der Waals surface area contributed by atoms with E-state index in [1.54, 1.807) is 34.4 Å². The van der Waals surface area contributed by atoms with Crippen LogP contribution in [0.5, 0.6) is 0 Å². The Bertz CT molecular complexity index is 1100. The Kier molecular flexibility index (Phi) is 4.79. The fourth-order valence-corrected chi connectivity index (χ4v) is 5.57. The van der Waals surface area contributed by atoms with E-state index in [1.807, 2.05) is 6.07 Å². The van der Waals surface area contributed by atoms with Gasteiger partial charge in [-0.05, 0) is 37.3 Å². The Morgan fingerprint density at radius 2 is 1.79 bits per heavy atom. The molecule has 3 aromatic rings. The minimum atomic E-state index is 0.0816. The summed E-state index contributed by atoms with van der Waals surface area (Å²) in [5, 5.41) is 0.839. The third-order valence-corrected chi connectivity index (χ3v) is 6.95. The van der Waals surface area contributed by atoms with Gasteiger partial charge < -0.3 is 9.80 Å². The smallest absolute Gasteiger partial charge is 0.264 e. The molecule has 0 aromatic carbocycles. The predicted molar refractivity (Wildman–Crippen MR) is 117 cm³/mol. The van der Waals surface area contributed by atoms with Gasteiger partial charge in [-0.3, -0.25) is 9.36 Å². The summed E-state index contributed by atoms with van der Waals surface area (Å²) in [6, 6.07) is 1.83. The number of aryl methyl sites for hydroxylation is 2. The van der Waals surface area contributed by atoms with E-state index in [0.29, 0.717) is 6.54 Å². The highest BCUT2D eigenvalue weighted by molar-refractivity contribution is 7.18. The summed E-state index contributed by atoms with van der Waals surface area (Å²) in [7, 11) is 0. The lowest BCUT2D eigenvalue weighted by molar-refractivity contribution is 0.606. The first-order valence-electron chi connectivity index (χ1n) is 10.2. The molecule has 1 saturated heterocycles. The first kappa shape index (κ1) is 18.3. The van der Waals surface area contributed by atoms with Gasteiger partial charge in [0.2, 0.25) is 11.9 Å². The number of hydrogen-bond acceptors (Lipinski definition) is 7. The Labute approximate surface area is 173 Å². The Morgan fingerprint density at radius 3 is 2.55 bits per heavy atom. The number of piperazine rings is 1. The van der Waals surface area contributed by atoms with Crippen molar-refractivity contribution in [1.29, 1.82) is 0 Å². The number of aromatic nitrogens is 4. The van der Waals surface area contributed by atoms with Gasteiger partial charge in [0, 0.05) is 50.0 Å². The number of hydrogen-bond donors (Lipinski definition) is 0. The van der Waals surface area contributed by atoms with Crippen LogP contribution in [0.1, 0.15) is 23.3 Å². The molecule has 7 nitrogen and oxygen atoms in total. The van der Waals surface area contributed by atoms with Crippen molar-refractivity contribution in [1.82, 2.24) is 19.5 Å². The molecule has 3 aromatic heterocycles. The highest BCUT2D eigenvalue weighted by Crippen LogP contribution is 2.34. The third-order valence-electron chi connectivity index (χ3n) is 5.76. The Hall–Kier alpha value is -2.74. The molecule has 5 rings (SSSR count). The minimum absolute atomic E-state index is 0.0816. The zero-order valence-corrected chi connectivity index (χ0v) is 17.2. The van der Waals surface area contributed by atoms with Crippen molar-refractivity contribution in [3.05, 3.63) is 51.9 Å². The number of rotatable bonds is 4. The maximum Gasteiger partial charge on any atom is 0.264 e. The lowest BCUT2D eigenvalue weighted by Crippen LogP contribution is -2.49. The van der Waals surface area contributed by atoms with Gasteiger partial charge >= 0.3 is 0 Å². The monoisotopic (exact) mass is 408 g/mol. The average molecular weight is 409 g/mol. The lowest BCUT2D eigenvalue weighted by atomic mass is 9.97. The predicted octanol–water partition coefficient (Wildman–Crippen LogP) is 2.64. The molecule has 0 unspecified atom stereocenters. The normalized spacial score (nSPS) is 16.8. The molecule has 0 N–H and O–H groups in total. The van der Waals surface area contributed by atoms with Crippen LogP contribution in [0.2, 0.25) is 0 Å². The van der Waals surface area contributed by atoms with E-state index in [9.17, 15) is 4.79 Å². The standard InChI is InChI=1S/C21H24N6OS/c1-2-10-27-19(28)17-15-6-3-4-7-16(15)29-18(17)24-21(27)26-13-11-25(12-14-26)20-22-8-5-9-23-20/h2,5,8-9H,1,3-4,6-7,10-14H2. The second-order valence-corrected chi connectivity index (χ2v) is 8.61. The molecular formula is C21H24N6OS. The summed E-state index contributed by atoms with van der Waals surface area (Å²) in [5.41, 5.74) is 1.32. The van der Waals surface area contributed by atoms with Gasteiger partial charge in [-0.25, -0.2) is 15.0 Å². The Balaban J connectivity index is 1.50. The summed E-state index contributed by atoms with van der Waals surface area (Å²) in [5.74, 6) is 1.51. The summed E-state index contributed by atoms with van der Waals surface area (Å²) in [4.78, 5) is 33.8. The summed E-state index contributed by atoms with van der Waals surface area (Å²) < 4.78 is 1.80. The summed E-state index contributed by atoms with van der Waals surface area (Å²) in [6.07, 6.45) is 9.75. The van der Waals surface area contributed by atoms with Crippen LogP contribution >= 0.6 is 11.3 Å². The number of fused-ring (bicyclic) bond motifs is 3. The summed E-state index contributed by atoms with van der Waals surface area (Å²) >= 11 is 1.71. The van der Waals surface area contributed by atoms with E-state index in [-0.39, 0.29) is 5.56 Å². The Morgan fingerprint density at radius 1 is 1.07 bits per heavy atom. The molecule has 0 bridgehead atoms. The molecule has 0 saturated carbocycles. The maximum absolute atomic E-state index is 13.4. The molecule has 8 heteroatoms. The fraction of sp³-hybridized carbons (Fsp3) is 0.429. The van der Waals surface area contributed by atoms with Gasteiger partial charge in [0.15, 0.2) is 0 Å². The molecule has 150 valence electrons. The van der Waals surface area contributed by atoms with Crippen molar-refractivity contribution in [2.24, 2.45) is 0 Å². The van der Waals surface area contributed by atoms with Crippen molar-refractivity contribution < 1.29 is 0 Å². The number of nitrogens with zero attached hydrogens (tertiary/aromatic N) is 6. The summed E-state index contributed by atoms with van der Waals surface area (Å²) in [6.45, 7) is 7.49. The maximum atomic E-state index is 13.4. The van der Waals surface area contributed by atoms with E-state index in [0.717, 1.165) is 67.6 Å². The molecule has 0 spiro atoms. The van der Waals surface area contributed by atoms with Crippen LogP contribution in [0.4, 0.5) is 11.9 Å². The highest BCUT2D eigenvalue weighted by atomic mass is 32.1. The van der Waals surface area contributed by atoms with E-state index in [1.165, 1.54) is 16.9 Å². The van der Waals surface area contributed by atoms with E-state index < -0.39 is 0 Å². The second kappa shape index (κ2) is 7.59. The van der Waals surface area contributed by atoms with Gasteiger partial charge in [0.25, 0.3) is 5.56 Å². The van der Waals surface area contributed by atoms with E-state index in [4.69, 9.17) is 4.98 Å². The average Bonchev–Trinajstić information content (AvgIpc) is 3.15. The molecule has 2 aliphatic rings. The van der Waals surface area contributed by atoms with Crippen molar-refractivity contribution in [3.63, 3.8) is 0 Å². The molecular weight excluding hydrogens is 384 g/mol. The number of anilines is 2. The van der Waals surface area contributed by atoms with Gasteiger partial charge in [-0.15, -0.1) is 17.9 Å². The zero-order chi connectivity index (χ0) is 19.8. The van der Waals surface area contributed by atoms with Gasteiger partial charge in [-0.1, -0.05) is 6.08 Å². The number of thiophene rings is 1. The number of allylic oxidation sites excluding steroid dienone is 1. The largest absolute Gasteiger partial charge is 0.339 e. The van der Waals surface area contributed by atoms with E-state index >= 15 is 0 Å². The first-order valence-corrected chi connectivity index (χ1v) is 11.0. The molecule has 0 amide bonds. The molecule has 1 aliphatic carbocycles. The van der Waals surface area contributed by atoms with Gasteiger partial charge in [0.1, 0.15) is 4.83 Å². The fourth-order valence-electron chi connectivity index (χ4n) is 4.32. The molecule has 29 heavy (non-hydrogen) atoms. The van der Waals surface area contributed by atoms with Crippen molar-refractivity contribution in [2.45, 2.75) is 32.2 Å². The second-order valence-electron chi connectivity index (χ2n) is 7.53. The lowest BCUT2D eigenvalue weighted by Gasteiger charge is -2.36. The highest BCUT2D eigenvalue weighted by Gasteiger charge is 2.26. The van der Waals surface area contributed by atoms with Crippen LogP contribution in [-0.4, -0.2) is 45.7 Å². The van der Waals surface area contributed by atoms with Crippen molar-refractivity contribution >= 4 is 33.5 Å². The van der Waals surface area contributed by atoms with Crippen LogP contribution in [0.3, 0.4) is 0 Å².